The molecular formula is C72H132O6. The predicted molar refractivity (Wildman–Crippen MR) is 339 cm³/mol. The number of carbonyl (C=O) groups is 3. The third kappa shape index (κ3) is 64.2. The highest BCUT2D eigenvalue weighted by atomic mass is 16.6. The zero-order valence-electron chi connectivity index (χ0n) is 52.5. The Morgan fingerprint density at radius 2 is 0.462 bits per heavy atom. The van der Waals surface area contributed by atoms with Crippen LogP contribution in [-0.2, 0) is 28.6 Å². The second-order valence-electron chi connectivity index (χ2n) is 23.4. The van der Waals surface area contributed by atoms with Crippen molar-refractivity contribution in [2.75, 3.05) is 13.2 Å². The van der Waals surface area contributed by atoms with Crippen LogP contribution in [0.1, 0.15) is 374 Å². The lowest BCUT2D eigenvalue weighted by atomic mass is 10.0. The minimum Gasteiger partial charge on any atom is -0.462 e. The predicted octanol–water partition coefficient (Wildman–Crippen LogP) is 23.7. The SMILES string of the molecule is CCCCC/C=C\C/C=C\C/C=C\CCCCCCCCC(=O)OC(COC(=O)CCCCCCC/C=C\CCCCCC)COC(=O)CCCCCCCCCCCCCCCCCCCCCCCCCCCCCC. The number of allylic oxidation sites excluding steroid dienone is 8. The van der Waals surface area contributed by atoms with Crippen LogP contribution < -0.4 is 0 Å². The summed E-state index contributed by atoms with van der Waals surface area (Å²) < 4.78 is 16.9. The largest absolute Gasteiger partial charge is 0.462 e. The summed E-state index contributed by atoms with van der Waals surface area (Å²) in [5, 5.41) is 0. The molecule has 78 heavy (non-hydrogen) atoms. The standard InChI is InChI=1S/C72H132O6/c1-4-7-10-13-16-19-22-25-27-29-31-32-33-34-35-36-37-38-39-41-42-44-47-50-53-56-59-62-65-71(74)77-68-69(67-76-70(73)64-61-58-55-52-49-46-24-21-18-15-12-9-6-3)78-72(75)66-63-60-57-54-51-48-45-43-40-30-28-26-23-20-17-14-11-8-5-2/h17,20-21,24,26,28,40,43,69H,4-16,18-19,22-23,25,27,29-39,41-42,44-68H2,1-3H3/b20-17-,24-21-,28-26-,43-40-. The molecule has 0 amide bonds. The zero-order chi connectivity index (χ0) is 56.4. The highest BCUT2D eigenvalue weighted by Gasteiger charge is 2.19. The molecule has 0 saturated heterocycles. The lowest BCUT2D eigenvalue weighted by molar-refractivity contribution is -0.167. The molecule has 0 N–H and O–H groups in total. The Labute approximate surface area is 486 Å². The summed E-state index contributed by atoms with van der Waals surface area (Å²) in [5.41, 5.74) is 0. The molecule has 6 heteroatoms. The fourth-order valence-electron chi connectivity index (χ4n) is 10.3. The van der Waals surface area contributed by atoms with Crippen LogP contribution in [0.2, 0.25) is 0 Å². The van der Waals surface area contributed by atoms with E-state index < -0.39 is 6.10 Å². The summed E-state index contributed by atoms with van der Waals surface area (Å²) in [6.07, 6.45) is 84.3. The van der Waals surface area contributed by atoms with Crippen molar-refractivity contribution in [2.24, 2.45) is 0 Å². The number of unbranched alkanes of at least 4 members (excludes halogenated alkanes) is 45. The van der Waals surface area contributed by atoms with Crippen molar-refractivity contribution in [3.63, 3.8) is 0 Å². The molecule has 0 aromatic heterocycles. The van der Waals surface area contributed by atoms with Crippen molar-refractivity contribution in [2.45, 2.75) is 380 Å². The van der Waals surface area contributed by atoms with Crippen LogP contribution in [-0.4, -0.2) is 37.2 Å². The quantitative estimate of drug-likeness (QED) is 0.0261. The van der Waals surface area contributed by atoms with Gasteiger partial charge in [0, 0.05) is 19.3 Å². The molecule has 0 rings (SSSR count). The van der Waals surface area contributed by atoms with E-state index in [0.29, 0.717) is 19.3 Å². The van der Waals surface area contributed by atoms with Gasteiger partial charge in [-0.25, -0.2) is 0 Å². The Bertz CT molecular complexity index is 1350. The number of esters is 3. The van der Waals surface area contributed by atoms with E-state index in [9.17, 15) is 14.4 Å². The van der Waals surface area contributed by atoms with Crippen LogP contribution in [0.5, 0.6) is 0 Å². The molecule has 1 unspecified atom stereocenters. The van der Waals surface area contributed by atoms with Crippen LogP contribution in [0.25, 0.3) is 0 Å². The molecule has 0 aliphatic rings. The molecule has 0 fully saturated rings. The van der Waals surface area contributed by atoms with Crippen LogP contribution >= 0.6 is 0 Å². The molecule has 0 aliphatic carbocycles. The summed E-state index contributed by atoms with van der Waals surface area (Å²) in [4.78, 5) is 38.4. The van der Waals surface area contributed by atoms with Gasteiger partial charge < -0.3 is 14.2 Å². The van der Waals surface area contributed by atoms with Gasteiger partial charge in [-0.05, 0) is 83.5 Å². The van der Waals surface area contributed by atoms with Gasteiger partial charge in [-0.1, -0.05) is 320 Å². The molecule has 0 radical (unpaired) electrons. The molecule has 0 aromatic carbocycles. The Hall–Kier alpha value is -2.63. The van der Waals surface area contributed by atoms with E-state index in [-0.39, 0.29) is 31.1 Å². The molecule has 1 atom stereocenters. The second-order valence-corrected chi connectivity index (χ2v) is 23.4. The zero-order valence-corrected chi connectivity index (χ0v) is 52.5. The van der Waals surface area contributed by atoms with E-state index in [1.807, 2.05) is 0 Å². The van der Waals surface area contributed by atoms with E-state index in [0.717, 1.165) is 89.9 Å². The van der Waals surface area contributed by atoms with Gasteiger partial charge in [0.15, 0.2) is 6.10 Å². The normalized spacial score (nSPS) is 12.3. The van der Waals surface area contributed by atoms with Crippen LogP contribution in [0.15, 0.2) is 48.6 Å². The first-order valence-corrected chi connectivity index (χ1v) is 34.6. The number of ether oxygens (including phenoxy) is 3. The summed E-state index contributed by atoms with van der Waals surface area (Å²) in [6, 6.07) is 0. The Morgan fingerprint density at radius 3 is 0.769 bits per heavy atom. The van der Waals surface area contributed by atoms with Gasteiger partial charge in [0.05, 0.1) is 0 Å². The highest BCUT2D eigenvalue weighted by Crippen LogP contribution is 2.18. The van der Waals surface area contributed by atoms with Gasteiger partial charge in [0.25, 0.3) is 0 Å². The third-order valence-corrected chi connectivity index (χ3v) is 15.6. The average molecular weight is 1090 g/mol. The molecule has 6 nitrogen and oxygen atoms in total. The first kappa shape index (κ1) is 75.4. The van der Waals surface area contributed by atoms with Crippen LogP contribution in [0.4, 0.5) is 0 Å². The number of hydrogen-bond acceptors (Lipinski definition) is 6. The fraction of sp³-hybridized carbons (Fsp3) is 0.847. The molecule has 0 bridgehead atoms. The number of carbonyl (C=O) groups excluding carboxylic acids is 3. The summed E-state index contributed by atoms with van der Waals surface area (Å²) in [5.74, 6) is -0.877. The maximum absolute atomic E-state index is 12.9. The van der Waals surface area contributed by atoms with Crippen LogP contribution in [0.3, 0.4) is 0 Å². The maximum atomic E-state index is 12.9. The smallest absolute Gasteiger partial charge is 0.306 e. The van der Waals surface area contributed by atoms with Gasteiger partial charge in [0.2, 0.25) is 0 Å². The van der Waals surface area contributed by atoms with Gasteiger partial charge in [0.1, 0.15) is 13.2 Å². The van der Waals surface area contributed by atoms with Crippen molar-refractivity contribution in [3.05, 3.63) is 48.6 Å². The van der Waals surface area contributed by atoms with Crippen molar-refractivity contribution in [1.82, 2.24) is 0 Å². The fourth-order valence-corrected chi connectivity index (χ4v) is 10.3. The lowest BCUT2D eigenvalue weighted by Crippen LogP contribution is -2.30. The van der Waals surface area contributed by atoms with Gasteiger partial charge in [-0.15, -0.1) is 0 Å². The molecular weight excluding hydrogens is 961 g/mol. The first-order chi connectivity index (χ1) is 38.5. The van der Waals surface area contributed by atoms with Gasteiger partial charge >= 0.3 is 17.9 Å². The van der Waals surface area contributed by atoms with E-state index in [1.54, 1.807) is 0 Å². The molecule has 456 valence electrons. The summed E-state index contributed by atoms with van der Waals surface area (Å²) >= 11 is 0. The van der Waals surface area contributed by atoms with E-state index in [1.165, 1.54) is 244 Å². The van der Waals surface area contributed by atoms with E-state index in [4.69, 9.17) is 14.2 Å². The molecule has 0 spiro atoms. The van der Waals surface area contributed by atoms with Crippen molar-refractivity contribution < 1.29 is 28.6 Å². The topological polar surface area (TPSA) is 78.9 Å². The minimum atomic E-state index is -0.783. The summed E-state index contributed by atoms with van der Waals surface area (Å²) in [7, 11) is 0. The number of hydrogen-bond donors (Lipinski definition) is 0. The molecule has 0 aliphatic heterocycles. The lowest BCUT2D eigenvalue weighted by Gasteiger charge is -2.18. The molecule has 0 aromatic rings. The second kappa shape index (κ2) is 66.9. The molecule has 0 heterocycles. The number of rotatable bonds is 64. The third-order valence-electron chi connectivity index (χ3n) is 15.6. The highest BCUT2D eigenvalue weighted by molar-refractivity contribution is 5.71. The Morgan fingerprint density at radius 1 is 0.256 bits per heavy atom. The van der Waals surface area contributed by atoms with Crippen LogP contribution in [0, 0.1) is 0 Å². The summed E-state index contributed by atoms with van der Waals surface area (Å²) in [6.45, 7) is 6.64. The van der Waals surface area contributed by atoms with E-state index in [2.05, 4.69) is 69.4 Å². The average Bonchev–Trinajstić information content (AvgIpc) is 3.44. The molecule has 0 saturated carbocycles. The Balaban J connectivity index is 4.22. The van der Waals surface area contributed by atoms with Gasteiger partial charge in [-0.3, -0.25) is 14.4 Å². The Kier molecular flexibility index (Phi) is 64.6. The van der Waals surface area contributed by atoms with E-state index >= 15 is 0 Å². The van der Waals surface area contributed by atoms with Crippen molar-refractivity contribution in [3.8, 4) is 0 Å². The maximum Gasteiger partial charge on any atom is 0.306 e. The first-order valence-electron chi connectivity index (χ1n) is 34.6. The monoisotopic (exact) mass is 1090 g/mol. The van der Waals surface area contributed by atoms with Gasteiger partial charge in [-0.2, -0.15) is 0 Å². The minimum absolute atomic E-state index is 0.0775. The van der Waals surface area contributed by atoms with Crippen molar-refractivity contribution in [1.29, 1.82) is 0 Å². The van der Waals surface area contributed by atoms with Crippen molar-refractivity contribution >= 4 is 17.9 Å².